The zero-order valence-corrected chi connectivity index (χ0v) is 20.9. The Bertz CT molecular complexity index is 1210. The Morgan fingerprint density at radius 1 is 1.24 bits per heavy atom. The highest BCUT2D eigenvalue weighted by molar-refractivity contribution is 7.99. The molecule has 2 aromatic heterocycles. The first-order valence-corrected chi connectivity index (χ1v) is 13.1. The number of aliphatic hydroxyl groups is 3. The van der Waals surface area contributed by atoms with Crippen LogP contribution in [0.3, 0.4) is 0 Å². The van der Waals surface area contributed by atoms with Gasteiger partial charge in [-0.05, 0) is 43.4 Å². The first kappa shape index (κ1) is 24.0. The fourth-order valence-corrected chi connectivity index (χ4v) is 5.63. The van der Waals surface area contributed by atoms with Crippen LogP contribution in [0, 0.1) is 0 Å². The first-order chi connectivity index (χ1) is 16.4. The van der Waals surface area contributed by atoms with Crippen LogP contribution in [-0.2, 0) is 5.54 Å². The Kier molecular flexibility index (Phi) is 6.64. The lowest BCUT2D eigenvalue weighted by Gasteiger charge is -2.31. The summed E-state index contributed by atoms with van der Waals surface area (Å²) in [5, 5.41) is 44.8. The maximum Gasteiger partial charge on any atom is 0.191 e. The number of halogens is 2. The summed E-state index contributed by atoms with van der Waals surface area (Å²) in [6, 6.07) is 5.81. The van der Waals surface area contributed by atoms with Crippen LogP contribution < -0.4 is 5.32 Å². The molecule has 182 valence electrons. The van der Waals surface area contributed by atoms with Crippen molar-refractivity contribution < 1.29 is 15.3 Å². The van der Waals surface area contributed by atoms with Gasteiger partial charge in [-0.15, -0.1) is 5.10 Å². The number of anilines is 1. The van der Waals surface area contributed by atoms with Gasteiger partial charge < -0.3 is 20.6 Å². The van der Waals surface area contributed by atoms with Crippen molar-refractivity contribution in [1.29, 1.82) is 0 Å². The van der Waals surface area contributed by atoms with Gasteiger partial charge in [-0.2, -0.15) is 0 Å². The highest BCUT2D eigenvalue weighted by atomic mass is 35.5. The molecular weight excluding hydrogens is 499 g/mol. The molecule has 1 aromatic carbocycles. The maximum absolute atomic E-state index is 10.7. The summed E-state index contributed by atoms with van der Waals surface area (Å²) in [5.41, 5.74) is 0.796. The van der Waals surface area contributed by atoms with Crippen LogP contribution >= 0.6 is 35.0 Å². The van der Waals surface area contributed by atoms with E-state index in [0.717, 1.165) is 24.2 Å². The predicted molar refractivity (Wildman–Crippen MR) is 132 cm³/mol. The molecule has 12 heteroatoms. The molecule has 2 aliphatic carbocycles. The molecule has 2 aliphatic rings. The maximum atomic E-state index is 10.7. The van der Waals surface area contributed by atoms with Crippen molar-refractivity contribution in [3.05, 3.63) is 33.8 Å². The fourth-order valence-electron chi connectivity index (χ4n) is 4.63. The summed E-state index contributed by atoms with van der Waals surface area (Å²) in [7, 11) is 0. The van der Waals surface area contributed by atoms with Crippen molar-refractivity contribution in [2.45, 2.75) is 67.5 Å². The van der Waals surface area contributed by atoms with E-state index < -0.39 is 24.4 Å². The van der Waals surface area contributed by atoms with E-state index in [1.165, 1.54) is 16.4 Å². The van der Waals surface area contributed by atoms with E-state index in [2.05, 4.69) is 27.5 Å². The third-order valence-electron chi connectivity index (χ3n) is 6.68. The number of benzene rings is 1. The average Bonchev–Trinajstić information content (AvgIpc) is 3.36. The van der Waals surface area contributed by atoms with Crippen molar-refractivity contribution in [3.63, 3.8) is 0 Å². The summed E-state index contributed by atoms with van der Waals surface area (Å²) in [5.74, 6) is 1.66. The summed E-state index contributed by atoms with van der Waals surface area (Å²) >= 11 is 13.8. The van der Waals surface area contributed by atoms with Gasteiger partial charge in [-0.3, -0.25) is 0 Å². The topological polar surface area (TPSA) is 129 Å². The second-order valence-electron chi connectivity index (χ2n) is 8.96. The molecule has 0 saturated heterocycles. The van der Waals surface area contributed by atoms with Crippen LogP contribution in [0.5, 0.6) is 0 Å². The molecule has 2 saturated carbocycles. The van der Waals surface area contributed by atoms with Gasteiger partial charge in [0.1, 0.15) is 11.6 Å². The molecule has 34 heavy (non-hydrogen) atoms. The molecule has 9 nitrogen and oxygen atoms in total. The number of thioether (sulfide) groups is 1. The van der Waals surface area contributed by atoms with Crippen LogP contribution in [0.1, 0.15) is 44.1 Å². The van der Waals surface area contributed by atoms with Gasteiger partial charge in [-0.1, -0.05) is 53.2 Å². The second kappa shape index (κ2) is 9.40. The van der Waals surface area contributed by atoms with Crippen molar-refractivity contribution in [1.82, 2.24) is 25.0 Å². The minimum absolute atomic E-state index is 0.134. The lowest BCUT2D eigenvalue weighted by molar-refractivity contribution is -0.0418. The Balaban J connectivity index is 1.50. The lowest BCUT2D eigenvalue weighted by atomic mass is 9.96. The third-order valence-corrected chi connectivity index (χ3v) is 8.48. The molecule has 3 aromatic rings. The number of nitrogens with one attached hydrogen (secondary N) is 1. The minimum atomic E-state index is -1.19. The quantitative estimate of drug-likeness (QED) is 0.259. The average molecular weight is 525 g/mol. The number of fused-ring (bicyclic) bond motifs is 1. The molecular formula is C22H26Cl2N6O3S. The molecule has 2 fully saturated rings. The van der Waals surface area contributed by atoms with E-state index in [4.69, 9.17) is 28.2 Å². The van der Waals surface area contributed by atoms with Gasteiger partial charge in [0.15, 0.2) is 22.1 Å². The summed E-state index contributed by atoms with van der Waals surface area (Å²) in [4.78, 5) is 9.37. The Hall–Kier alpha value is -1.69. The molecule has 0 bridgehead atoms. The monoisotopic (exact) mass is 524 g/mol. The summed E-state index contributed by atoms with van der Waals surface area (Å²) in [6.07, 6.45) is 0.447. The Labute approximate surface area is 210 Å². The van der Waals surface area contributed by atoms with E-state index in [0.29, 0.717) is 45.0 Å². The molecule has 2 heterocycles. The van der Waals surface area contributed by atoms with Crippen LogP contribution in [0.15, 0.2) is 23.4 Å². The lowest BCUT2D eigenvalue weighted by Crippen LogP contribution is -2.48. The number of hydrogen-bond acceptors (Lipinski definition) is 9. The molecule has 0 aliphatic heterocycles. The van der Waals surface area contributed by atoms with E-state index >= 15 is 0 Å². The highest BCUT2D eigenvalue weighted by Crippen LogP contribution is 2.45. The van der Waals surface area contributed by atoms with E-state index in [9.17, 15) is 15.3 Å². The largest absolute Gasteiger partial charge is 0.394 e. The van der Waals surface area contributed by atoms with Crippen molar-refractivity contribution in [2.75, 3.05) is 17.7 Å². The Morgan fingerprint density at radius 3 is 2.74 bits per heavy atom. The van der Waals surface area contributed by atoms with Crippen molar-refractivity contribution >= 4 is 51.9 Å². The standard InChI is InChI=1S/C22H26Cl2N6O3S/c1-2-7-34-21-26-19(25-15-9-12(15)11-3-4-13(23)14(24)8-11)17-20(27-21)30(29-28-17)22(10-31)6-5-16(32)18(22)33/h3-4,8,12,15-16,18,31-33H,2,5-7,9-10H2,1H3,(H,25,26,27). The van der Waals surface area contributed by atoms with Gasteiger partial charge >= 0.3 is 0 Å². The second-order valence-corrected chi connectivity index (χ2v) is 10.8. The first-order valence-electron chi connectivity index (χ1n) is 11.3. The van der Waals surface area contributed by atoms with Crippen LogP contribution in [0.4, 0.5) is 5.82 Å². The molecule has 5 rings (SSSR count). The molecule has 5 unspecified atom stereocenters. The Morgan fingerprint density at radius 2 is 2.06 bits per heavy atom. The molecule has 0 spiro atoms. The third kappa shape index (κ3) is 4.14. The zero-order chi connectivity index (χ0) is 24.0. The van der Waals surface area contributed by atoms with Gasteiger partial charge in [0.25, 0.3) is 0 Å². The molecule has 0 radical (unpaired) electrons. The van der Waals surface area contributed by atoms with Crippen LogP contribution in [0.25, 0.3) is 11.2 Å². The van der Waals surface area contributed by atoms with E-state index in [1.54, 1.807) is 6.07 Å². The normalized spacial score (nSPS) is 28.5. The number of aliphatic hydroxyl groups excluding tert-OH is 3. The minimum Gasteiger partial charge on any atom is -0.394 e. The van der Waals surface area contributed by atoms with Crippen molar-refractivity contribution in [3.8, 4) is 0 Å². The summed E-state index contributed by atoms with van der Waals surface area (Å²) in [6.45, 7) is 1.69. The highest BCUT2D eigenvalue weighted by Gasteiger charge is 2.51. The molecule has 0 amide bonds. The SMILES string of the molecule is CCCSc1nc(NC2CC2c2ccc(Cl)c(Cl)c2)c2nnn(C3(CO)CCC(O)C3O)c2n1. The smallest absolute Gasteiger partial charge is 0.191 e. The van der Waals surface area contributed by atoms with Crippen LogP contribution in [0.2, 0.25) is 10.0 Å². The fraction of sp³-hybridized carbons (Fsp3) is 0.545. The van der Waals surface area contributed by atoms with Crippen LogP contribution in [-0.4, -0.2) is 70.9 Å². The van der Waals surface area contributed by atoms with Gasteiger partial charge in [0, 0.05) is 17.7 Å². The number of nitrogens with zero attached hydrogens (tertiary/aromatic N) is 5. The van der Waals surface area contributed by atoms with Gasteiger partial charge in [0.2, 0.25) is 0 Å². The predicted octanol–water partition coefficient (Wildman–Crippen LogP) is 3.20. The summed E-state index contributed by atoms with van der Waals surface area (Å²) < 4.78 is 1.47. The molecule has 4 N–H and O–H groups in total. The van der Waals surface area contributed by atoms with Crippen molar-refractivity contribution in [2.24, 2.45) is 0 Å². The van der Waals surface area contributed by atoms with Gasteiger partial charge in [-0.25, -0.2) is 14.6 Å². The number of hydrogen-bond donors (Lipinski definition) is 4. The number of aromatic nitrogens is 5. The van der Waals surface area contributed by atoms with E-state index in [1.807, 2.05) is 12.1 Å². The zero-order valence-electron chi connectivity index (χ0n) is 18.5. The van der Waals surface area contributed by atoms with Gasteiger partial charge in [0.05, 0.1) is 22.8 Å². The van der Waals surface area contributed by atoms with E-state index in [-0.39, 0.29) is 12.0 Å². The molecule has 5 atom stereocenters. The number of rotatable bonds is 8.